The first-order valence-electron chi connectivity index (χ1n) is 11.7. The number of nitrogens with two attached hydrogens (primary N) is 2. The highest BCUT2D eigenvalue weighted by Gasteiger charge is 2.34. The van der Waals surface area contributed by atoms with Crippen LogP contribution in [0.2, 0.25) is 0 Å². The van der Waals surface area contributed by atoms with E-state index in [1.807, 2.05) is 19.9 Å². The Bertz CT molecular complexity index is 1250. The lowest BCUT2D eigenvalue weighted by molar-refractivity contribution is -0.115. The van der Waals surface area contributed by atoms with Gasteiger partial charge in [0, 0.05) is 28.7 Å². The number of benzene rings is 1. The molecule has 2 aromatic heterocycles. The molecule has 4 rings (SSSR count). The van der Waals surface area contributed by atoms with Crippen molar-refractivity contribution in [1.82, 2.24) is 14.9 Å². The number of aromatic nitrogens is 3. The van der Waals surface area contributed by atoms with Crippen LogP contribution in [0.5, 0.6) is 5.75 Å². The smallest absolute Gasteiger partial charge is 0.254 e. The van der Waals surface area contributed by atoms with Crippen molar-refractivity contribution in [2.45, 2.75) is 64.3 Å². The second-order valence-electron chi connectivity index (χ2n) is 9.61. The van der Waals surface area contributed by atoms with Crippen LogP contribution in [0, 0.1) is 0 Å². The molecule has 5 N–H and O–H groups in total. The molecule has 186 valence electrons. The lowest BCUT2D eigenvalue weighted by atomic mass is 9.86. The molecule has 0 atom stereocenters. The summed E-state index contributed by atoms with van der Waals surface area (Å²) in [6.45, 7) is 5.98. The second kappa shape index (κ2) is 9.44. The highest BCUT2D eigenvalue weighted by molar-refractivity contribution is 6.03. The summed E-state index contributed by atoms with van der Waals surface area (Å²) in [7, 11) is 1.52. The molecule has 0 unspecified atom stereocenters. The Morgan fingerprint density at radius 3 is 2.60 bits per heavy atom. The molecule has 0 aliphatic heterocycles. The fourth-order valence-electron chi connectivity index (χ4n) is 4.70. The predicted molar refractivity (Wildman–Crippen MR) is 132 cm³/mol. The number of carbonyl (C=O) groups excluding carboxylic acids is 2. The lowest BCUT2D eigenvalue weighted by Crippen LogP contribution is -2.16. The summed E-state index contributed by atoms with van der Waals surface area (Å²) in [5.41, 5.74) is 13.5. The monoisotopic (exact) mass is 480 g/mol. The average Bonchev–Trinajstić information content (AvgIpc) is 3.53. The van der Waals surface area contributed by atoms with Crippen LogP contribution in [0.25, 0.3) is 11.3 Å². The van der Waals surface area contributed by atoms with Crippen LogP contribution < -0.4 is 21.5 Å². The van der Waals surface area contributed by atoms with Crippen molar-refractivity contribution in [2.24, 2.45) is 5.73 Å². The SMILES string of the molecule is COc1cc(-c2nn(C(C)C)c(N)c2C(N)=O)ccc1CC(=O)Nc1cc(C2(C)CCCC2)on1. The second-order valence-corrected chi connectivity index (χ2v) is 9.61. The van der Waals surface area contributed by atoms with Crippen molar-refractivity contribution in [1.29, 1.82) is 0 Å². The largest absolute Gasteiger partial charge is 0.496 e. The zero-order valence-electron chi connectivity index (χ0n) is 20.6. The van der Waals surface area contributed by atoms with Gasteiger partial charge in [-0.05, 0) is 32.8 Å². The molecule has 1 fully saturated rings. The summed E-state index contributed by atoms with van der Waals surface area (Å²) >= 11 is 0. The van der Waals surface area contributed by atoms with Crippen LogP contribution >= 0.6 is 0 Å². The summed E-state index contributed by atoms with van der Waals surface area (Å²) in [5.74, 6) is 0.976. The number of hydrogen-bond acceptors (Lipinski definition) is 7. The maximum Gasteiger partial charge on any atom is 0.254 e. The van der Waals surface area contributed by atoms with Gasteiger partial charge in [0.2, 0.25) is 5.91 Å². The third-order valence-corrected chi connectivity index (χ3v) is 6.67. The molecule has 3 aromatic rings. The van der Waals surface area contributed by atoms with Gasteiger partial charge >= 0.3 is 0 Å². The first-order valence-corrected chi connectivity index (χ1v) is 11.7. The van der Waals surface area contributed by atoms with Crippen molar-refractivity contribution >= 4 is 23.5 Å². The molecular formula is C25H32N6O4. The molecular weight excluding hydrogens is 448 g/mol. The molecule has 10 heteroatoms. The van der Waals surface area contributed by atoms with E-state index in [1.165, 1.54) is 20.0 Å². The van der Waals surface area contributed by atoms with E-state index in [-0.39, 0.29) is 35.2 Å². The van der Waals surface area contributed by atoms with Crippen LogP contribution in [-0.2, 0) is 16.6 Å². The minimum Gasteiger partial charge on any atom is -0.496 e. The number of carbonyl (C=O) groups is 2. The molecule has 2 amide bonds. The Hall–Kier alpha value is -3.82. The van der Waals surface area contributed by atoms with E-state index >= 15 is 0 Å². The first kappa shape index (κ1) is 24.3. The third kappa shape index (κ3) is 4.73. The Morgan fingerprint density at radius 1 is 1.26 bits per heavy atom. The fraction of sp³-hybridized carbons (Fsp3) is 0.440. The zero-order valence-corrected chi connectivity index (χ0v) is 20.6. The lowest BCUT2D eigenvalue weighted by Gasteiger charge is -2.18. The Labute approximate surface area is 204 Å². The van der Waals surface area contributed by atoms with E-state index in [4.69, 9.17) is 20.7 Å². The van der Waals surface area contributed by atoms with Crippen LogP contribution in [-0.4, -0.2) is 33.9 Å². The molecule has 2 heterocycles. The van der Waals surface area contributed by atoms with Crippen LogP contribution in [0.1, 0.15) is 74.2 Å². The highest BCUT2D eigenvalue weighted by atomic mass is 16.5. The molecule has 1 aliphatic carbocycles. The topological polar surface area (TPSA) is 151 Å². The van der Waals surface area contributed by atoms with Gasteiger partial charge in [-0.1, -0.05) is 37.1 Å². The molecule has 0 saturated heterocycles. The van der Waals surface area contributed by atoms with Crippen molar-refractivity contribution < 1.29 is 18.8 Å². The summed E-state index contributed by atoms with van der Waals surface area (Å²) < 4.78 is 12.6. The van der Waals surface area contributed by atoms with Crippen LogP contribution in [0.4, 0.5) is 11.6 Å². The van der Waals surface area contributed by atoms with Crippen molar-refractivity contribution in [3.8, 4) is 17.0 Å². The van der Waals surface area contributed by atoms with Gasteiger partial charge in [-0.25, -0.2) is 4.68 Å². The maximum atomic E-state index is 12.7. The van der Waals surface area contributed by atoms with E-state index in [9.17, 15) is 9.59 Å². The number of methoxy groups -OCH3 is 1. The van der Waals surface area contributed by atoms with Gasteiger partial charge < -0.3 is 26.0 Å². The van der Waals surface area contributed by atoms with Gasteiger partial charge in [-0.15, -0.1) is 0 Å². The van der Waals surface area contributed by atoms with E-state index in [0.29, 0.717) is 28.4 Å². The summed E-state index contributed by atoms with van der Waals surface area (Å²) in [5, 5.41) is 11.3. The minimum absolute atomic E-state index is 0.0231. The Balaban J connectivity index is 1.54. The molecule has 1 aromatic carbocycles. The quantitative estimate of drug-likeness (QED) is 0.443. The molecule has 10 nitrogen and oxygen atoms in total. The standard InChI is InChI=1S/C25H32N6O4/c1-14(2)31-23(26)21(24(27)33)22(29-31)16-8-7-15(17(11-16)34-4)12-20(32)28-19-13-18(35-30-19)25(3)9-5-6-10-25/h7-8,11,13-14H,5-6,9-10,12,26H2,1-4H3,(H2,27,33)(H,28,30,32). The first-order chi connectivity index (χ1) is 16.6. The number of nitrogens with zero attached hydrogens (tertiary/aromatic N) is 3. The molecule has 35 heavy (non-hydrogen) atoms. The van der Waals surface area contributed by atoms with Gasteiger partial charge in [0.1, 0.15) is 28.6 Å². The number of nitrogens with one attached hydrogen (secondary N) is 1. The number of nitrogen functional groups attached to an aromatic ring is 1. The van der Waals surface area contributed by atoms with Crippen molar-refractivity contribution in [3.05, 3.63) is 41.2 Å². The minimum atomic E-state index is -0.662. The summed E-state index contributed by atoms with van der Waals surface area (Å²) in [6, 6.07) is 7.00. The Morgan fingerprint density at radius 2 is 1.97 bits per heavy atom. The van der Waals surface area contributed by atoms with E-state index in [2.05, 4.69) is 22.5 Å². The number of anilines is 2. The van der Waals surface area contributed by atoms with Gasteiger partial charge in [0.25, 0.3) is 5.91 Å². The number of primary amides is 1. The van der Waals surface area contributed by atoms with E-state index in [1.54, 1.807) is 22.9 Å². The van der Waals surface area contributed by atoms with Gasteiger partial charge in [0.05, 0.1) is 13.5 Å². The van der Waals surface area contributed by atoms with Gasteiger partial charge in [-0.2, -0.15) is 5.10 Å². The Kier molecular flexibility index (Phi) is 6.56. The van der Waals surface area contributed by atoms with Gasteiger partial charge in [0.15, 0.2) is 5.82 Å². The normalized spacial score (nSPS) is 14.9. The molecule has 0 spiro atoms. The number of ether oxygens (including phenoxy) is 1. The maximum absolute atomic E-state index is 12.7. The third-order valence-electron chi connectivity index (χ3n) is 6.67. The van der Waals surface area contributed by atoms with Crippen molar-refractivity contribution in [2.75, 3.05) is 18.2 Å². The molecule has 1 saturated carbocycles. The zero-order chi connectivity index (χ0) is 25.3. The summed E-state index contributed by atoms with van der Waals surface area (Å²) in [4.78, 5) is 24.8. The molecule has 0 bridgehead atoms. The number of amides is 2. The average molecular weight is 481 g/mol. The van der Waals surface area contributed by atoms with E-state index in [0.717, 1.165) is 18.6 Å². The summed E-state index contributed by atoms with van der Waals surface area (Å²) in [6.07, 6.45) is 4.50. The van der Waals surface area contributed by atoms with Gasteiger partial charge in [-0.3, -0.25) is 9.59 Å². The predicted octanol–water partition coefficient (Wildman–Crippen LogP) is 3.82. The molecule has 0 radical (unpaired) electrons. The van der Waals surface area contributed by atoms with Crippen LogP contribution in [0.3, 0.4) is 0 Å². The molecule has 1 aliphatic rings. The van der Waals surface area contributed by atoms with Crippen molar-refractivity contribution in [3.63, 3.8) is 0 Å². The number of hydrogen-bond donors (Lipinski definition) is 3. The van der Waals surface area contributed by atoms with Crippen LogP contribution in [0.15, 0.2) is 28.8 Å². The van der Waals surface area contributed by atoms with E-state index < -0.39 is 5.91 Å². The fourth-order valence-corrected chi connectivity index (χ4v) is 4.70. The highest BCUT2D eigenvalue weighted by Crippen LogP contribution is 2.41. The number of rotatable bonds is 8.